The van der Waals surface area contributed by atoms with Crippen LogP contribution < -0.4 is 5.32 Å². The van der Waals surface area contributed by atoms with Crippen LogP contribution in [-0.2, 0) is 10.0 Å². The molecule has 1 saturated heterocycles. The van der Waals surface area contributed by atoms with Gasteiger partial charge in [-0.15, -0.1) is 17.9 Å². The van der Waals surface area contributed by atoms with Crippen LogP contribution in [-0.4, -0.2) is 38.9 Å². The lowest BCUT2D eigenvalue weighted by atomic mass is 10.3. The fourth-order valence-electron chi connectivity index (χ4n) is 1.93. The number of thiophene rings is 1. The summed E-state index contributed by atoms with van der Waals surface area (Å²) >= 11 is 4.79. The molecule has 0 amide bonds. The van der Waals surface area contributed by atoms with Gasteiger partial charge < -0.3 is 5.32 Å². The molecule has 1 aliphatic rings. The highest BCUT2D eigenvalue weighted by Crippen LogP contribution is 2.34. The zero-order valence-corrected chi connectivity index (χ0v) is 13.0. The van der Waals surface area contributed by atoms with Crippen LogP contribution in [0.25, 0.3) is 0 Å². The van der Waals surface area contributed by atoms with E-state index in [0.717, 1.165) is 8.66 Å². The Labute approximate surface area is 120 Å². The van der Waals surface area contributed by atoms with Crippen molar-refractivity contribution in [3.05, 3.63) is 33.5 Å². The minimum Gasteiger partial charge on any atom is -0.314 e. The number of piperazine rings is 1. The second-order valence-corrected chi connectivity index (χ2v) is 8.54. The zero-order valence-electron chi connectivity index (χ0n) is 9.80. The van der Waals surface area contributed by atoms with E-state index >= 15 is 0 Å². The minimum absolute atomic E-state index is 0.527. The average molecular weight is 351 g/mol. The maximum Gasteiger partial charge on any atom is 0.225 e. The van der Waals surface area contributed by atoms with E-state index in [-0.39, 0.29) is 0 Å². The monoisotopic (exact) mass is 350 g/mol. The Morgan fingerprint density at radius 1 is 1.44 bits per heavy atom. The SMILES string of the molecule is C=CC(c1ccc(Br)s1)S(=O)(=O)N1CCNCC1. The fourth-order valence-corrected chi connectivity index (χ4v) is 5.46. The Morgan fingerprint density at radius 2 is 2.11 bits per heavy atom. The van der Waals surface area contributed by atoms with Gasteiger partial charge in [-0.2, -0.15) is 4.31 Å². The van der Waals surface area contributed by atoms with E-state index in [4.69, 9.17) is 0 Å². The summed E-state index contributed by atoms with van der Waals surface area (Å²) in [4.78, 5) is 0.801. The number of sulfonamides is 1. The van der Waals surface area contributed by atoms with Crippen LogP contribution in [0.2, 0.25) is 0 Å². The van der Waals surface area contributed by atoms with Crippen molar-refractivity contribution in [3.8, 4) is 0 Å². The van der Waals surface area contributed by atoms with Gasteiger partial charge in [-0.3, -0.25) is 0 Å². The molecule has 1 N–H and O–H groups in total. The van der Waals surface area contributed by atoms with Crippen molar-refractivity contribution >= 4 is 37.3 Å². The lowest BCUT2D eigenvalue weighted by molar-refractivity contribution is 0.358. The third-order valence-electron chi connectivity index (χ3n) is 2.85. The van der Waals surface area contributed by atoms with Crippen molar-refractivity contribution in [2.24, 2.45) is 0 Å². The molecule has 1 aromatic rings. The fraction of sp³-hybridized carbons (Fsp3) is 0.455. The number of halogens is 1. The van der Waals surface area contributed by atoms with E-state index < -0.39 is 15.3 Å². The van der Waals surface area contributed by atoms with Gasteiger partial charge in [0.2, 0.25) is 10.0 Å². The van der Waals surface area contributed by atoms with E-state index in [1.54, 1.807) is 4.31 Å². The predicted octanol–water partition coefficient (Wildman–Crippen LogP) is 1.97. The van der Waals surface area contributed by atoms with Crippen LogP contribution in [0.4, 0.5) is 0 Å². The van der Waals surface area contributed by atoms with Gasteiger partial charge in [0.15, 0.2) is 0 Å². The molecule has 18 heavy (non-hydrogen) atoms. The molecule has 2 rings (SSSR count). The molecule has 0 radical (unpaired) electrons. The molecule has 0 spiro atoms. The number of hydrogen-bond acceptors (Lipinski definition) is 4. The predicted molar refractivity (Wildman–Crippen MR) is 78.3 cm³/mol. The Morgan fingerprint density at radius 3 is 2.61 bits per heavy atom. The molecule has 1 aliphatic heterocycles. The number of nitrogens with one attached hydrogen (secondary N) is 1. The third-order valence-corrected chi connectivity index (χ3v) is 6.87. The highest BCUT2D eigenvalue weighted by atomic mass is 79.9. The van der Waals surface area contributed by atoms with Gasteiger partial charge in [0.25, 0.3) is 0 Å². The molecule has 1 atom stereocenters. The lowest BCUT2D eigenvalue weighted by Crippen LogP contribution is -2.47. The third kappa shape index (κ3) is 2.85. The first kappa shape index (κ1) is 14.2. The summed E-state index contributed by atoms with van der Waals surface area (Å²) in [5, 5.41) is 2.50. The van der Waals surface area contributed by atoms with Gasteiger partial charge in [0, 0.05) is 31.1 Å². The second kappa shape index (κ2) is 5.83. The van der Waals surface area contributed by atoms with Crippen molar-refractivity contribution in [3.63, 3.8) is 0 Å². The van der Waals surface area contributed by atoms with Crippen molar-refractivity contribution in [1.82, 2.24) is 9.62 Å². The summed E-state index contributed by atoms with van der Waals surface area (Å²) in [5.74, 6) is 0. The summed E-state index contributed by atoms with van der Waals surface area (Å²) in [6.45, 7) is 6.14. The summed E-state index contributed by atoms with van der Waals surface area (Å²) < 4.78 is 27.6. The van der Waals surface area contributed by atoms with Crippen LogP contribution in [0, 0.1) is 0 Å². The van der Waals surface area contributed by atoms with Gasteiger partial charge in [0.05, 0.1) is 3.79 Å². The van der Waals surface area contributed by atoms with E-state index in [0.29, 0.717) is 26.2 Å². The van der Waals surface area contributed by atoms with Crippen molar-refractivity contribution in [2.45, 2.75) is 5.25 Å². The molecular formula is C11H15BrN2O2S2. The van der Waals surface area contributed by atoms with Crippen LogP contribution in [0.15, 0.2) is 28.6 Å². The Kier molecular flexibility index (Phi) is 4.60. The molecule has 0 aromatic carbocycles. The second-order valence-electron chi connectivity index (χ2n) is 3.99. The molecule has 1 aromatic heterocycles. The quantitative estimate of drug-likeness (QED) is 0.844. The Hall–Kier alpha value is -0.210. The molecule has 0 bridgehead atoms. The molecule has 1 unspecified atom stereocenters. The van der Waals surface area contributed by atoms with Gasteiger partial charge in [0.1, 0.15) is 5.25 Å². The van der Waals surface area contributed by atoms with Crippen molar-refractivity contribution in [1.29, 1.82) is 0 Å². The highest BCUT2D eigenvalue weighted by molar-refractivity contribution is 9.11. The van der Waals surface area contributed by atoms with E-state index in [9.17, 15) is 8.42 Å². The largest absolute Gasteiger partial charge is 0.314 e. The summed E-state index contributed by atoms with van der Waals surface area (Å²) in [5.41, 5.74) is 0. The van der Waals surface area contributed by atoms with Gasteiger partial charge in [-0.1, -0.05) is 6.08 Å². The maximum absolute atomic E-state index is 12.5. The Bertz CT molecular complexity index is 521. The van der Waals surface area contributed by atoms with Crippen LogP contribution >= 0.6 is 27.3 Å². The molecule has 100 valence electrons. The molecule has 1 fully saturated rings. The van der Waals surface area contributed by atoms with E-state index in [2.05, 4.69) is 27.8 Å². The van der Waals surface area contributed by atoms with Gasteiger partial charge in [-0.25, -0.2) is 8.42 Å². The van der Waals surface area contributed by atoms with E-state index in [1.807, 2.05) is 12.1 Å². The van der Waals surface area contributed by atoms with Crippen LogP contribution in [0.3, 0.4) is 0 Å². The van der Waals surface area contributed by atoms with Gasteiger partial charge >= 0.3 is 0 Å². The molecule has 2 heterocycles. The average Bonchev–Trinajstić information content (AvgIpc) is 2.77. The minimum atomic E-state index is -3.35. The molecule has 0 saturated carbocycles. The topological polar surface area (TPSA) is 49.4 Å². The number of rotatable bonds is 4. The van der Waals surface area contributed by atoms with E-state index in [1.165, 1.54) is 17.4 Å². The zero-order chi connectivity index (χ0) is 13.2. The van der Waals surface area contributed by atoms with Crippen LogP contribution in [0.1, 0.15) is 10.1 Å². The van der Waals surface area contributed by atoms with Crippen LogP contribution in [0.5, 0.6) is 0 Å². The summed E-state index contributed by atoms with van der Waals surface area (Å²) in [7, 11) is -3.35. The first-order valence-corrected chi connectivity index (χ1v) is 8.74. The van der Waals surface area contributed by atoms with Gasteiger partial charge in [-0.05, 0) is 28.1 Å². The first-order chi connectivity index (χ1) is 8.55. The molecular weight excluding hydrogens is 336 g/mol. The van der Waals surface area contributed by atoms with Crippen molar-refractivity contribution in [2.75, 3.05) is 26.2 Å². The Balaban J connectivity index is 2.28. The summed E-state index contributed by atoms with van der Waals surface area (Å²) in [6.07, 6.45) is 1.51. The molecule has 0 aliphatic carbocycles. The number of nitrogens with zero attached hydrogens (tertiary/aromatic N) is 1. The highest BCUT2D eigenvalue weighted by Gasteiger charge is 2.32. The number of hydrogen-bond donors (Lipinski definition) is 1. The molecule has 4 nitrogen and oxygen atoms in total. The smallest absolute Gasteiger partial charge is 0.225 e. The normalized spacial score (nSPS) is 19.6. The standard InChI is InChI=1S/C11H15BrN2O2S2/c1-2-10(9-3-4-11(12)17-9)18(15,16)14-7-5-13-6-8-14/h2-4,10,13H,1,5-8H2. The first-order valence-electron chi connectivity index (χ1n) is 5.63. The maximum atomic E-state index is 12.5. The molecule has 7 heteroatoms. The van der Waals surface area contributed by atoms with Crippen molar-refractivity contribution < 1.29 is 8.42 Å². The summed E-state index contributed by atoms with van der Waals surface area (Å²) in [6, 6.07) is 3.70. The lowest BCUT2D eigenvalue weighted by Gasteiger charge is -2.29.